The van der Waals surface area contributed by atoms with E-state index in [-0.39, 0.29) is 11.5 Å². The highest BCUT2D eigenvalue weighted by atomic mass is 16.6. The van der Waals surface area contributed by atoms with Gasteiger partial charge in [0, 0.05) is 12.7 Å². The molecule has 118 valence electrons. The summed E-state index contributed by atoms with van der Waals surface area (Å²) in [5.41, 5.74) is -1.16. The van der Waals surface area contributed by atoms with Gasteiger partial charge in [-0.15, -0.1) is 0 Å². The van der Waals surface area contributed by atoms with Gasteiger partial charge in [0.1, 0.15) is 24.4 Å². The topological polar surface area (TPSA) is 125 Å². The van der Waals surface area contributed by atoms with E-state index in [2.05, 4.69) is 4.98 Å². The second-order valence-electron chi connectivity index (χ2n) is 5.65. The maximum Gasteiger partial charge on any atom is 0.328 e. The summed E-state index contributed by atoms with van der Waals surface area (Å²) in [4.78, 5) is 25.8. The third-order valence-corrected chi connectivity index (χ3v) is 3.45. The van der Waals surface area contributed by atoms with Gasteiger partial charge in [-0.2, -0.15) is 0 Å². The molecule has 8 heteroatoms. The van der Waals surface area contributed by atoms with E-state index in [4.69, 9.17) is 9.84 Å². The largest absolute Gasteiger partial charge is 0.394 e. The molecular formula is C13H20N2O6. The molecule has 1 aliphatic heterocycles. The molecule has 0 aromatic carbocycles. The number of aromatic nitrogens is 2. The number of nitrogens with zero attached hydrogens (tertiary/aromatic N) is 1. The zero-order valence-corrected chi connectivity index (χ0v) is 11.9. The minimum Gasteiger partial charge on any atom is -0.394 e. The summed E-state index contributed by atoms with van der Waals surface area (Å²) in [5, 5.41) is 28.8. The van der Waals surface area contributed by atoms with Gasteiger partial charge in [0.15, 0.2) is 0 Å². The molecule has 0 aliphatic carbocycles. The summed E-state index contributed by atoms with van der Waals surface area (Å²) >= 11 is 0. The summed E-state index contributed by atoms with van der Waals surface area (Å²) in [6.07, 6.45) is -3.34. The molecule has 0 amide bonds. The van der Waals surface area contributed by atoms with Gasteiger partial charge >= 0.3 is 5.69 Å². The molecular weight excluding hydrogens is 280 g/mol. The van der Waals surface area contributed by atoms with Crippen molar-refractivity contribution in [2.75, 3.05) is 6.61 Å². The standard InChI is InChI=1S/C13H20N2O6/c1-6(2)3-15-4-7(12(19)14-13(15)20)11-10(18)9(17)8(5-16)21-11/h4,6,8-11,16-18H,3,5H2,1-2H3,(H,14,19,20)/t8-,9?,10+,11+/m1/s1. The van der Waals surface area contributed by atoms with E-state index in [9.17, 15) is 19.8 Å². The molecule has 4 N–H and O–H groups in total. The highest BCUT2D eigenvalue weighted by Crippen LogP contribution is 2.31. The van der Waals surface area contributed by atoms with Gasteiger partial charge in [0.25, 0.3) is 5.56 Å². The number of aliphatic hydroxyl groups is 3. The molecule has 8 nitrogen and oxygen atoms in total. The Morgan fingerprint density at radius 1 is 1.33 bits per heavy atom. The van der Waals surface area contributed by atoms with Crippen molar-refractivity contribution in [3.63, 3.8) is 0 Å². The Morgan fingerprint density at radius 2 is 2.00 bits per heavy atom. The first-order valence-electron chi connectivity index (χ1n) is 6.81. The number of hydrogen-bond donors (Lipinski definition) is 4. The van der Waals surface area contributed by atoms with Crippen molar-refractivity contribution >= 4 is 0 Å². The van der Waals surface area contributed by atoms with E-state index in [0.717, 1.165) is 0 Å². The molecule has 0 radical (unpaired) electrons. The third kappa shape index (κ3) is 3.08. The van der Waals surface area contributed by atoms with Gasteiger partial charge in [-0.05, 0) is 5.92 Å². The van der Waals surface area contributed by atoms with Crippen molar-refractivity contribution in [2.24, 2.45) is 5.92 Å². The zero-order valence-electron chi connectivity index (χ0n) is 11.9. The van der Waals surface area contributed by atoms with Gasteiger partial charge in [-0.3, -0.25) is 14.3 Å². The molecule has 2 rings (SSSR count). The quantitative estimate of drug-likeness (QED) is 0.528. The highest BCUT2D eigenvalue weighted by molar-refractivity contribution is 5.14. The van der Waals surface area contributed by atoms with Gasteiger partial charge in [0.05, 0.1) is 12.2 Å². The lowest BCUT2D eigenvalue weighted by atomic mass is 10.0. The average Bonchev–Trinajstić information content (AvgIpc) is 2.69. The van der Waals surface area contributed by atoms with Crippen LogP contribution in [0.15, 0.2) is 15.8 Å². The van der Waals surface area contributed by atoms with Crippen LogP contribution < -0.4 is 11.2 Å². The summed E-state index contributed by atoms with van der Waals surface area (Å²) < 4.78 is 6.65. The SMILES string of the molecule is CC(C)Cn1cc([C@@H]2O[C@H](CO)C(O)[C@@H]2O)c(=O)[nH]c1=O. The molecule has 1 unspecified atom stereocenters. The Hall–Kier alpha value is -1.48. The van der Waals surface area contributed by atoms with Crippen LogP contribution in [0.4, 0.5) is 0 Å². The van der Waals surface area contributed by atoms with Crippen LogP contribution in [0.1, 0.15) is 25.5 Å². The van der Waals surface area contributed by atoms with Crippen molar-refractivity contribution in [2.45, 2.75) is 44.8 Å². The van der Waals surface area contributed by atoms with E-state index >= 15 is 0 Å². The van der Waals surface area contributed by atoms with E-state index in [0.29, 0.717) is 6.54 Å². The number of nitrogens with one attached hydrogen (secondary N) is 1. The lowest BCUT2D eigenvalue weighted by molar-refractivity contribution is -0.0233. The summed E-state index contributed by atoms with van der Waals surface area (Å²) in [6, 6.07) is 0. The number of aliphatic hydroxyl groups excluding tert-OH is 3. The van der Waals surface area contributed by atoms with Gasteiger partial charge in [0.2, 0.25) is 0 Å². The number of H-pyrrole nitrogens is 1. The minimum atomic E-state index is -1.34. The smallest absolute Gasteiger partial charge is 0.328 e. The predicted molar refractivity (Wildman–Crippen MR) is 72.9 cm³/mol. The maximum atomic E-state index is 11.9. The Balaban J connectivity index is 2.40. The molecule has 1 aromatic heterocycles. The van der Waals surface area contributed by atoms with Crippen LogP contribution in [0.5, 0.6) is 0 Å². The van der Waals surface area contributed by atoms with Gasteiger partial charge in [-0.25, -0.2) is 4.79 Å². The molecule has 0 saturated carbocycles. The van der Waals surface area contributed by atoms with Gasteiger partial charge < -0.3 is 20.1 Å². The zero-order chi connectivity index (χ0) is 15.7. The van der Waals surface area contributed by atoms with E-state index < -0.39 is 42.3 Å². The second-order valence-corrected chi connectivity index (χ2v) is 5.65. The molecule has 1 aliphatic rings. The van der Waals surface area contributed by atoms with Crippen molar-refractivity contribution in [3.05, 3.63) is 32.6 Å². The first-order chi connectivity index (χ1) is 9.85. The third-order valence-electron chi connectivity index (χ3n) is 3.45. The first-order valence-corrected chi connectivity index (χ1v) is 6.81. The van der Waals surface area contributed by atoms with Crippen LogP contribution in [0.3, 0.4) is 0 Å². The molecule has 2 heterocycles. The number of aromatic amines is 1. The number of ether oxygens (including phenoxy) is 1. The van der Waals surface area contributed by atoms with Crippen molar-refractivity contribution in [3.8, 4) is 0 Å². The maximum absolute atomic E-state index is 11.9. The number of hydrogen-bond acceptors (Lipinski definition) is 6. The lowest BCUT2D eigenvalue weighted by Gasteiger charge is -2.16. The van der Waals surface area contributed by atoms with Crippen molar-refractivity contribution in [1.82, 2.24) is 9.55 Å². The Labute approximate surface area is 120 Å². The normalized spacial score (nSPS) is 29.2. The fourth-order valence-electron chi connectivity index (χ4n) is 2.41. The van der Waals surface area contributed by atoms with Crippen LogP contribution in [0, 0.1) is 5.92 Å². The Bertz CT molecular complexity index is 607. The molecule has 21 heavy (non-hydrogen) atoms. The van der Waals surface area contributed by atoms with Crippen LogP contribution in [0.25, 0.3) is 0 Å². The predicted octanol–water partition coefficient (Wildman–Crippen LogP) is -1.65. The van der Waals surface area contributed by atoms with Crippen LogP contribution in [0.2, 0.25) is 0 Å². The van der Waals surface area contributed by atoms with Crippen LogP contribution in [-0.2, 0) is 11.3 Å². The molecule has 0 bridgehead atoms. The monoisotopic (exact) mass is 300 g/mol. The van der Waals surface area contributed by atoms with Crippen molar-refractivity contribution < 1.29 is 20.1 Å². The fourth-order valence-corrected chi connectivity index (χ4v) is 2.41. The summed E-state index contributed by atoms with van der Waals surface area (Å²) in [5.74, 6) is 0.187. The number of rotatable bonds is 4. The molecule has 1 fully saturated rings. The molecule has 1 aromatic rings. The van der Waals surface area contributed by atoms with E-state index in [1.54, 1.807) is 0 Å². The summed E-state index contributed by atoms with van der Waals surface area (Å²) in [7, 11) is 0. The Kier molecular flexibility index (Phi) is 4.62. The minimum absolute atomic E-state index is 0.0535. The highest BCUT2D eigenvalue weighted by Gasteiger charge is 2.44. The van der Waals surface area contributed by atoms with Crippen LogP contribution in [-0.4, -0.2) is 49.8 Å². The molecule has 4 atom stereocenters. The lowest BCUT2D eigenvalue weighted by Crippen LogP contribution is -2.36. The summed E-state index contributed by atoms with van der Waals surface area (Å²) in [6.45, 7) is 3.77. The van der Waals surface area contributed by atoms with Crippen LogP contribution >= 0.6 is 0 Å². The van der Waals surface area contributed by atoms with Gasteiger partial charge in [-0.1, -0.05) is 13.8 Å². The molecule has 0 spiro atoms. The van der Waals surface area contributed by atoms with Crippen molar-refractivity contribution in [1.29, 1.82) is 0 Å². The Morgan fingerprint density at radius 3 is 2.52 bits per heavy atom. The second kappa shape index (κ2) is 6.10. The fraction of sp³-hybridized carbons (Fsp3) is 0.692. The van der Waals surface area contributed by atoms with E-state index in [1.165, 1.54) is 10.8 Å². The average molecular weight is 300 g/mol. The molecule has 1 saturated heterocycles. The first kappa shape index (κ1) is 15.9. The van der Waals surface area contributed by atoms with E-state index in [1.807, 2.05) is 13.8 Å².